The molecule has 1 aromatic heterocycles. The van der Waals surface area contributed by atoms with E-state index in [0.29, 0.717) is 10.6 Å². The van der Waals surface area contributed by atoms with Gasteiger partial charge >= 0.3 is 6.03 Å². The van der Waals surface area contributed by atoms with Gasteiger partial charge < -0.3 is 15.7 Å². The largest absolute Gasteiger partial charge is 0.391 e. The van der Waals surface area contributed by atoms with Crippen molar-refractivity contribution >= 4 is 11.9 Å². The number of aliphatic hydroxyl groups is 1. The van der Waals surface area contributed by atoms with Crippen molar-refractivity contribution in [2.24, 2.45) is 0 Å². The molecular formula is C27H34N4O4. The predicted octanol–water partition coefficient (Wildman–Crippen LogP) is 4.03. The second-order valence-corrected chi connectivity index (χ2v) is 8.05. The first-order chi connectivity index (χ1) is 16.4. The summed E-state index contributed by atoms with van der Waals surface area (Å²) >= 11 is 0. The third kappa shape index (κ3) is 7.91. The Balaban J connectivity index is 0.00000432. The lowest BCUT2D eigenvalue weighted by Gasteiger charge is -2.26. The van der Waals surface area contributed by atoms with Crippen LogP contribution in [0.3, 0.4) is 0 Å². The Labute approximate surface area is 206 Å². The standard InChI is InChI=1S/C26H30N4O4.CH4/c1-3-19-6-8-21(9-7-19)22-10-12-23(13-11-22)25(32)29-24(18(2)31)17-30(34)26(33)28-16-20-5-4-14-27-15-20;/h4-15,18,24,31,34H,3,16-17H2,1-2H3,(H,28,33)(H,29,32);1H4/t18-,24-;/m1./s1. The molecule has 8 nitrogen and oxygen atoms in total. The normalized spacial score (nSPS) is 12.1. The first kappa shape index (κ1) is 27.5. The molecule has 3 aromatic rings. The van der Waals surface area contributed by atoms with E-state index in [1.165, 1.54) is 12.5 Å². The molecule has 3 rings (SSSR count). The first-order valence-electron chi connectivity index (χ1n) is 11.2. The topological polar surface area (TPSA) is 115 Å². The number of pyridine rings is 1. The summed E-state index contributed by atoms with van der Waals surface area (Å²) in [4.78, 5) is 28.9. The molecule has 0 unspecified atom stereocenters. The van der Waals surface area contributed by atoms with E-state index in [1.54, 1.807) is 36.7 Å². The molecule has 4 N–H and O–H groups in total. The minimum Gasteiger partial charge on any atom is -0.391 e. The van der Waals surface area contributed by atoms with Crippen LogP contribution < -0.4 is 10.6 Å². The number of hydrogen-bond acceptors (Lipinski definition) is 5. The lowest BCUT2D eigenvalue weighted by atomic mass is 10.0. The Morgan fingerprint density at radius 3 is 2.17 bits per heavy atom. The van der Waals surface area contributed by atoms with Gasteiger partial charge in [0.05, 0.1) is 18.7 Å². The molecule has 2 aromatic carbocycles. The monoisotopic (exact) mass is 478 g/mol. The van der Waals surface area contributed by atoms with Gasteiger partial charge in [0, 0.05) is 24.5 Å². The minimum atomic E-state index is -0.999. The summed E-state index contributed by atoms with van der Waals surface area (Å²) in [5, 5.41) is 25.9. The molecule has 0 radical (unpaired) electrons. The van der Waals surface area contributed by atoms with E-state index in [0.717, 1.165) is 23.1 Å². The van der Waals surface area contributed by atoms with Crippen LogP contribution in [0.4, 0.5) is 4.79 Å². The number of aryl methyl sites for hydroxylation is 1. The van der Waals surface area contributed by atoms with Gasteiger partial charge in [-0.25, -0.2) is 9.86 Å². The summed E-state index contributed by atoms with van der Waals surface area (Å²) in [6.07, 6.45) is 3.20. The number of aliphatic hydroxyl groups excluding tert-OH is 1. The second kappa shape index (κ2) is 13.2. The molecule has 35 heavy (non-hydrogen) atoms. The van der Waals surface area contributed by atoms with Gasteiger partial charge in [0.15, 0.2) is 0 Å². The molecule has 8 heteroatoms. The van der Waals surface area contributed by atoms with Gasteiger partial charge in [0.2, 0.25) is 0 Å². The van der Waals surface area contributed by atoms with Gasteiger partial charge in [0.1, 0.15) is 0 Å². The third-order valence-corrected chi connectivity index (χ3v) is 5.51. The average molecular weight is 479 g/mol. The van der Waals surface area contributed by atoms with Crippen LogP contribution in [0.2, 0.25) is 0 Å². The molecule has 0 saturated heterocycles. The molecule has 0 spiro atoms. The lowest BCUT2D eigenvalue weighted by molar-refractivity contribution is -0.0580. The van der Waals surface area contributed by atoms with Gasteiger partial charge in [-0.05, 0) is 53.8 Å². The molecule has 186 valence electrons. The third-order valence-electron chi connectivity index (χ3n) is 5.51. The highest BCUT2D eigenvalue weighted by atomic mass is 16.5. The van der Waals surface area contributed by atoms with E-state index in [1.807, 2.05) is 24.3 Å². The number of carbonyl (C=O) groups excluding carboxylic acids is 2. The zero-order valence-electron chi connectivity index (χ0n) is 19.3. The van der Waals surface area contributed by atoms with Crippen LogP contribution in [-0.4, -0.2) is 51.0 Å². The number of urea groups is 1. The molecule has 2 atom stereocenters. The number of nitrogens with zero attached hydrogens (tertiary/aromatic N) is 2. The molecule has 0 fully saturated rings. The number of rotatable bonds is 9. The Kier molecular flexibility index (Phi) is 10.4. The van der Waals surface area contributed by atoms with Crippen LogP contribution in [0.5, 0.6) is 0 Å². The number of nitrogens with one attached hydrogen (secondary N) is 2. The van der Waals surface area contributed by atoms with E-state index in [2.05, 4.69) is 34.7 Å². The van der Waals surface area contributed by atoms with E-state index < -0.39 is 24.1 Å². The van der Waals surface area contributed by atoms with Gasteiger partial charge in [-0.1, -0.05) is 56.8 Å². The maximum absolute atomic E-state index is 12.7. The SMILES string of the molecule is C.CCc1ccc(-c2ccc(C(=O)N[C@H](CN(O)C(=O)NCc3cccnc3)[C@@H](C)O)cc2)cc1. The fraction of sp³-hybridized carbons (Fsp3) is 0.296. The van der Waals surface area contributed by atoms with E-state index in [4.69, 9.17) is 0 Å². The summed E-state index contributed by atoms with van der Waals surface area (Å²) < 4.78 is 0. The number of carbonyl (C=O) groups is 2. The number of hydroxylamine groups is 2. The van der Waals surface area contributed by atoms with Crippen molar-refractivity contribution in [1.82, 2.24) is 20.7 Å². The Hall–Kier alpha value is -3.75. The smallest absolute Gasteiger partial charge is 0.341 e. The van der Waals surface area contributed by atoms with Crippen molar-refractivity contribution < 1.29 is 19.9 Å². The van der Waals surface area contributed by atoms with Crippen LogP contribution in [0, 0.1) is 0 Å². The maximum Gasteiger partial charge on any atom is 0.341 e. The van der Waals surface area contributed by atoms with Crippen LogP contribution >= 0.6 is 0 Å². The Bertz CT molecular complexity index is 1070. The van der Waals surface area contributed by atoms with Crippen molar-refractivity contribution in [2.45, 2.75) is 46.4 Å². The number of benzene rings is 2. The van der Waals surface area contributed by atoms with Gasteiger partial charge in [0.25, 0.3) is 5.91 Å². The lowest BCUT2D eigenvalue weighted by Crippen LogP contribution is -2.51. The van der Waals surface area contributed by atoms with Crippen molar-refractivity contribution in [3.63, 3.8) is 0 Å². The van der Waals surface area contributed by atoms with Crippen LogP contribution in [0.15, 0.2) is 73.1 Å². The molecule has 0 aliphatic heterocycles. The van der Waals surface area contributed by atoms with Crippen molar-refractivity contribution in [3.05, 3.63) is 89.7 Å². The van der Waals surface area contributed by atoms with Crippen LogP contribution in [-0.2, 0) is 13.0 Å². The second-order valence-electron chi connectivity index (χ2n) is 8.05. The zero-order chi connectivity index (χ0) is 24.5. The molecular weight excluding hydrogens is 444 g/mol. The van der Waals surface area contributed by atoms with Crippen molar-refractivity contribution in [3.8, 4) is 11.1 Å². The summed E-state index contributed by atoms with van der Waals surface area (Å²) in [5.74, 6) is -0.414. The van der Waals surface area contributed by atoms with Crippen LogP contribution in [0.25, 0.3) is 11.1 Å². The van der Waals surface area contributed by atoms with Crippen LogP contribution in [0.1, 0.15) is 42.8 Å². The Morgan fingerprint density at radius 2 is 1.63 bits per heavy atom. The van der Waals surface area contributed by atoms with Gasteiger partial charge in [-0.3, -0.25) is 15.0 Å². The number of aromatic nitrogens is 1. The molecule has 3 amide bonds. The molecule has 0 aliphatic rings. The Morgan fingerprint density at radius 1 is 1.00 bits per heavy atom. The maximum atomic E-state index is 12.7. The van der Waals surface area contributed by atoms with Gasteiger partial charge in [-0.15, -0.1) is 0 Å². The van der Waals surface area contributed by atoms with E-state index in [9.17, 15) is 19.9 Å². The first-order valence-corrected chi connectivity index (χ1v) is 11.2. The van der Waals surface area contributed by atoms with E-state index in [-0.39, 0.29) is 20.5 Å². The highest BCUT2D eigenvalue weighted by Crippen LogP contribution is 2.20. The van der Waals surface area contributed by atoms with Gasteiger partial charge in [-0.2, -0.15) is 0 Å². The summed E-state index contributed by atoms with van der Waals surface area (Å²) in [6, 6.07) is 17.3. The highest BCUT2D eigenvalue weighted by Gasteiger charge is 2.23. The van der Waals surface area contributed by atoms with E-state index >= 15 is 0 Å². The summed E-state index contributed by atoms with van der Waals surface area (Å²) in [5.41, 5.74) is 4.48. The molecule has 1 heterocycles. The van der Waals surface area contributed by atoms with Crippen molar-refractivity contribution in [2.75, 3.05) is 6.54 Å². The quantitative estimate of drug-likeness (QED) is 0.274. The zero-order valence-corrected chi connectivity index (χ0v) is 19.3. The predicted molar refractivity (Wildman–Crippen MR) is 136 cm³/mol. The van der Waals surface area contributed by atoms with Crippen molar-refractivity contribution in [1.29, 1.82) is 0 Å². The summed E-state index contributed by atoms with van der Waals surface area (Å²) in [6.45, 7) is 3.48. The molecule has 0 bridgehead atoms. The number of amides is 3. The summed E-state index contributed by atoms with van der Waals surface area (Å²) in [7, 11) is 0. The number of hydrogen-bond donors (Lipinski definition) is 4. The fourth-order valence-corrected chi connectivity index (χ4v) is 3.36. The minimum absolute atomic E-state index is 0. The average Bonchev–Trinajstić information content (AvgIpc) is 2.87. The molecule has 0 saturated carbocycles. The fourth-order valence-electron chi connectivity index (χ4n) is 3.36. The highest BCUT2D eigenvalue weighted by molar-refractivity contribution is 5.95. The molecule has 0 aliphatic carbocycles.